The lowest BCUT2D eigenvalue weighted by Crippen LogP contribution is -2.43. The van der Waals surface area contributed by atoms with E-state index in [9.17, 15) is 9.59 Å². The van der Waals surface area contributed by atoms with Crippen LogP contribution >= 0.6 is 23.2 Å². The van der Waals surface area contributed by atoms with E-state index >= 15 is 0 Å². The summed E-state index contributed by atoms with van der Waals surface area (Å²) < 4.78 is 11.3. The molecule has 1 fully saturated rings. The average Bonchev–Trinajstić information content (AvgIpc) is 2.70. The molecule has 1 aliphatic rings. The van der Waals surface area contributed by atoms with Crippen molar-refractivity contribution in [3.8, 4) is 11.5 Å². The van der Waals surface area contributed by atoms with Crippen LogP contribution in [0.4, 0.5) is 10.5 Å². The Bertz CT molecular complexity index is 951. The van der Waals surface area contributed by atoms with Crippen molar-refractivity contribution in [1.29, 1.82) is 0 Å². The lowest BCUT2D eigenvalue weighted by molar-refractivity contribution is -0.121. The van der Waals surface area contributed by atoms with Crippen LogP contribution in [0.15, 0.2) is 42.5 Å². The van der Waals surface area contributed by atoms with Crippen molar-refractivity contribution in [1.82, 2.24) is 4.90 Å². The smallest absolute Gasteiger partial charge is 0.410 e. The number of ether oxygens (including phenoxy) is 2. The Hall–Kier alpha value is -2.44. The summed E-state index contributed by atoms with van der Waals surface area (Å²) in [5, 5.41) is 3.83. The summed E-state index contributed by atoms with van der Waals surface area (Å²) in [7, 11) is 0. The molecule has 0 atom stereocenters. The maximum Gasteiger partial charge on any atom is 0.410 e. The zero-order valence-corrected chi connectivity index (χ0v) is 19.3. The lowest BCUT2D eigenvalue weighted by atomic mass is 9.96. The van der Waals surface area contributed by atoms with Crippen molar-refractivity contribution in [3.05, 3.63) is 52.5 Å². The number of amides is 2. The van der Waals surface area contributed by atoms with Crippen LogP contribution in [0.25, 0.3) is 0 Å². The number of piperidine rings is 1. The predicted molar refractivity (Wildman–Crippen MR) is 122 cm³/mol. The van der Waals surface area contributed by atoms with E-state index in [1.54, 1.807) is 35.2 Å². The summed E-state index contributed by atoms with van der Waals surface area (Å²) in [5.41, 5.74) is 0.00947. The molecule has 2 aromatic rings. The normalized spacial score (nSPS) is 14.8. The number of rotatable bonds is 4. The fourth-order valence-corrected chi connectivity index (χ4v) is 3.67. The number of nitrogens with zero attached hydrogens (tertiary/aromatic N) is 1. The lowest BCUT2D eigenvalue weighted by Gasteiger charge is -2.33. The first-order valence-corrected chi connectivity index (χ1v) is 10.9. The highest BCUT2D eigenvalue weighted by Gasteiger charge is 2.30. The second-order valence-corrected chi connectivity index (χ2v) is 9.25. The minimum atomic E-state index is -0.540. The molecule has 8 heteroatoms. The number of carbonyl (C=O) groups excluding carboxylic acids is 2. The van der Waals surface area contributed by atoms with E-state index < -0.39 is 5.60 Å². The van der Waals surface area contributed by atoms with Gasteiger partial charge in [0.2, 0.25) is 5.91 Å². The van der Waals surface area contributed by atoms with Gasteiger partial charge in [-0.2, -0.15) is 0 Å². The first-order chi connectivity index (χ1) is 14.6. The van der Waals surface area contributed by atoms with Crippen LogP contribution in [0.1, 0.15) is 33.6 Å². The molecule has 3 rings (SSSR count). The zero-order valence-electron chi connectivity index (χ0n) is 17.8. The van der Waals surface area contributed by atoms with Crippen molar-refractivity contribution >= 4 is 40.9 Å². The van der Waals surface area contributed by atoms with Gasteiger partial charge in [-0.3, -0.25) is 4.79 Å². The van der Waals surface area contributed by atoms with Gasteiger partial charge < -0.3 is 19.7 Å². The van der Waals surface area contributed by atoms with E-state index in [2.05, 4.69) is 5.32 Å². The highest BCUT2D eigenvalue weighted by atomic mass is 35.5. The highest BCUT2D eigenvalue weighted by molar-refractivity contribution is 6.35. The Morgan fingerprint density at radius 3 is 2.35 bits per heavy atom. The van der Waals surface area contributed by atoms with E-state index in [1.165, 1.54) is 0 Å². The Balaban J connectivity index is 1.61. The summed E-state index contributed by atoms with van der Waals surface area (Å²) in [6, 6.07) is 12.1. The quantitative estimate of drug-likeness (QED) is 0.570. The third-order valence-electron chi connectivity index (χ3n) is 4.78. The van der Waals surface area contributed by atoms with Gasteiger partial charge >= 0.3 is 6.09 Å². The molecule has 0 aliphatic carbocycles. The topological polar surface area (TPSA) is 67.9 Å². The van der Waals surface area contributed by atoms with Gasteiger partial charge in [0, 0.05) is 24.0 Å². The van der Waals surface area contributed by atoms with Crippen molar-refractivity contribution in [3.63, 3.8) is 0 Å². The van der Waals surface area contributed by atoms with Crippen LogP contribution in [-0.2, 0) is 9.53 Å². The molecule has 0 unspecified atom stereocenters. The van der Waals surface area contributed by atoms with E-state index in [-0.39, 0.29) is 17.9 Å². The largest absolute Gasteiger partial charge is 0.454 e. The molecule has 0 bridgehead atoms. The molecule has 0 aromatic heterocycles. The fourth-order valence-electron chi connectivity index (χ4n) is 3.22. The second-order valence-electron chi connectivity index (χ2n) is 8.40. The Morgan fingerprint density at radius 1 is 1.03 bits per heavy atom. The molecule has 1 aliphatic heterocycles. The highest BCUT2D eigenvalue weighted by Crippen LogP contribution is 2.35. The predicted octanol–water partition coefficient (Wildman–Crippen LogP) is 6.37. The summed E-state index contributed by atoms with van der Waals surface area (Å²) >= 11 is 12.1. The van der Waals surface area contributed by atoms with Crippen molar-refractivity contribution in [2.75, 3.05) is 18.4 Å². The van der Waals surface area contributed by atoms with E-state index in [0.29, 0.717) is 53.2 Å². The van der Waals surface area contributed by atoms with Crippen LogP contribution in [0.5, 0.6) is 11.5 Å². The molecule has 166 valence electrons. The maximum absolute atomic E-state index is 12.8. The molecule has 1 N–H and O–H groups in total. The summed E-state index contributed by atoms with van der Waals surface area (Å²) in [6.07, 6.45) is 0.791. The first-order valence-electron chi connectivity index (χ1n) is 10.1. The number of benzene rings is 2. The number of anilines is 1. The first kappa shape index (κ1) is 23.2. The molecule has 2 amide bonds. The molecule has 2 aromatic carbocycles. The van der Waals surface area contributed by atoms with Gasteiger partial charge in [0.05, 0.1) is 10.7 Å². The Morgan fingerprint density at radius 2 is 1.71 bits per heavy atom. The number of halogens is 2. The van der Waals surface area contributed by atoms with Crippen molar-refractivity contribution in [2.45, 2.75) is 39.2 Å². The molecule has 0 saturated carbocycles. The summed E-state index contributed by atoms with van der Waals surface area (Å²) in [6.45, 7) is 6.46. The van der Waals surface area contributed by atoms with E-state index in [1.807, 2.05) is 32.9 Å². The van der Waals surface area contributed by atoms with Crippen LogP contribution in [-0.4, -0.2) is 35.6 Å². The average molecular weight is 465 g/mol. The number of carbonyl (C=O) groups is 2. The number of para-hydroxylation sites is 2. The number of nitrogens with one attached hydrogen (secondary N) is 1. The minimum absolute atomic E-state index is 0.109. The third kappa shape index (κ3) is 6.52. The SMILES string of the molecule is CC(C)(C)OC(=O)N1CCC(C(=O)Nc2ccccc2Oc2ccc(Cl)cc2Cl)CC1. The van der Waals surface area contributed by atoms with Crippen LogP contribution in [0.2, 0.25) is 10.0 Å². The molecule has 0 spiro atoms. The standard InChI is InChI=1S/C23H26Cl2N2O4/c1-23(2,3)31-22(29)27-12-10-15(11-13-27)21(28)26-18-6-4-5-7-20(18)30-19-9-8-16(24)14-17(19)25/h4-9,14-15H,10-13H2,1-3H3,(H,26,28). The molecule has 6 nitrogen and oxygen atoms in total. The van der Waals surface area contributed by atoms with Crippen molar-refractivity contribution in [2.24, 2.45) is 5.92 Å². The minimum Gasteiger partial charge on any atom is -0.454 e. The third-order valence-corrected chi connectivity index (χ3v) is 5.31. The van der Waals surface area contributed by atoms with Gasteiger partial charge in [-0.05, 0) is 63.9 Å². The molecule has 1 saturated heterocycles. The number of hydrogen-bond acceptors (Lipinski definition) is 4. The van der Waals surface area contributed by atoms with Crippen molar-refractivity contribution < 1.29 is 19.1 Å². The Labute approximate surface area is 192 Å². The second kappa shape index (κ2) is 9.79. The molecular weight excluding hydrogens is 439 g/mol. The maximum atomic E-state index is 12.8. The van der Waals surface area contributed by atoms with Gasteiger partial charge in [-0.25, -0.2) is 4.79 Å². The van der Waals surface area contributed by atoms with Gasteiger partial charge in [0.1, 0.15) is 11.4 Å². The van der Waals surface area contributed by atoms with Crippen LogP contribution < -0.4 is 10.1 Å². The summed E-state index contributed by atoms with van der Waals surface area (Å²) in [4.78, 5) is 26.7. The van der Waals surface area contributed by atoms with Crippen LogP contribution in [0, 0.1) is 5.92 Å². The number of hydrogen-bond donors (Lipinski definition) is 1. The van der Waals surface area contributed by atoms with Gasteiger partial charge in [-0.1, -0.05) is 35.3 Å². The molecule has 31 heavy (non-hydrogen) atoms. The van der Waals surface area contributed by atoms with Gasteiger partial charge in [-0.15, -0.1) is 0 Å². The van der Waals surface area contributed by atoms with Gasteiger partial charge in [0.25, 0.3) is 0 Å². The van der Waals surface area contributed by atoms with Crippen LogP contribution in [0.3, 0.4) is 0 Å². The van der Waals surface area contributed by atoms with E-state index in [4.69, 9.17) is 32.7 Å². The molecular formula is C23H26Cl2N2O4. The number of likely N-dealkylation sites (tertiary alicyclic amines) is 1. The zero-order chi connectivity index (χ0) is 22.6. The monoisotopic (exact) mass is 464 g/mol. The molecule has 1 heterocycles. The van der Waals surface area contributed by atoms with Gasteiger partial charge in [0.15, 0.2) is 5.75 Å². The molecule has 0 radical (unpaired) electrons. The Kier molecular flexibility index (Phi) is 7.34. The summed E-state index contributed by atoms with van der Waals surface area (Å²) in [5.74, 6) is 0.609. The fraction of sp³-hybridized carbons (Fsp3) is 0.391. The van der Waals surface area contributed by atoms with E-state index in [0.717, 1.165) is 0 Å².